The molecule has 0 radical (unpaired) electrons. The number of piperidine rings is 1. The number of amides is 1. The average Bonchev–Trinajstić information content (AvgIpc) is 3.22. The topological polar surface area (TPSA) is 67.5 Å². The van der Waals surface area contributed by atoms with Crippen molar-refractivity contribution >= 4 is 23.0 Å². The van der Waals surface area contributed by atoms with E-state index >= 15 is 0 Å². The molecule has 31 heavy (non-hydrogen) atoms. The fraction of sp³-hybridized carbons (Fsp3) is 0.304. The molecule has 0 bridgehead atoms. The molecular formula is C23H23F2N3O3. The number of aromatic nitrogens is 2. The van der Waals surface area contributed by atoms with E-state index in [0.29, 0.717) is 18.7 Å². The first kappa shape index (κ1) is 20.8. The predicted octanol–water partition coefficient (Wildman–Crippen LogP) is 4.59. The van der Waals surface area contributed by atoms with E-state index in [4.69, 9.17) is 4.74 Å². The number of carbonyl (C=O) groups is 1. The molecule has 2 aromatic carbocycles. The summed E-state index contributed by atoms with van der Waals surface area (Å²) in [7, 11) is 1.37. The van der Waals surface area contributed by atoms with E-state index < -0.39 is 6.61 Å². The molecule has 0 saturated carbocycles. The van der Waals surface area contributed by atoms with E-state index in [1.807, 2.05) is 24.3 Å². The third kappa shape index (κ3) is 4.68. The second-order valence-electron chi connectivity index (χ2n) is 7.35. The summed E-state index contributed by atoms with van der Waals surface area (Å²) >= 11 is 0. The van der Waals surface area contributed by atoms with Crippen molar-refractivity contribution in [3.8, 4) is 11.5 Å². The lowest BCUT2D eigenvalue weighted by atomic mass is 9.97. The molecule has 162 valence electrons. The molecule has 3 aromatic rings. The number of methoxy groups -OCH3 is 1. The highest BCUT2D eigenvalue weighted by molar-refractivity contribution is 5.92. The summed E-state index contributed by atoms with van der Waals surface area (Å²) in [5.74, 6) is 0.892. The van der Waals surface area contributed by atoms with Gasteiger partial charge in [-0.1, -0.05) is 24.3 Å². The zero-order valence-corrected chi connectivity index (χ0v) is 17.1. The van der Waals surface area contributed by atoms with Gasteiger partial charge in [0.05, 0.1) is 18.1 Å². The van der Waals surface area contributed by atoms with Gasteiger partial charge < -0.3 is 19.4 Å². The summed E-state index contributed by atoms with van der Waals surface area (Å²) in [6.45, 7) is -1.81. The van der Waals surface area contributed by atoms with Crippen molar-refractivity contribution in [3.05, 3.63) is 59.9 Å². The van der Waals surface area contributed by atoms with E-state index in [2.05, 4.69) is 14.7 Å². The summed E-state index contributed by atoms with van der Waals surface area (Å²) < 4.78 is 35.3. The normalized spacial score (nSPS) is 16.9. The van der Waals surface area contributed by atoms with Crippen LogP contribution in [0, 0.1) is 0 Å². The highest BCUT2D eigenvalue weighted by Crippen LogP contribution is 2.33. The van der Waals surface area contributed by atoms with Gasteiger partial charge in [-0.2, -0.15) is 8.78 Å². The molecule has 1 saturated heterocycles. The van der Waals surface area contributed by atoms with Gasteiger partial charge in [0.1, 0.15) is 5.82 Å². The van der Waals surface area contributed by atoms with Crippen LogP contribution in [0.1, 0.15) is 30.1 Å². The van der Waals surface area contributed by atoms with Crippen LogP contribution >= 0.6 is 0 Å². The number of benzene rings is 2. The molecule has 1 N–H and O–H groups in total. The third-order valence-corrected chi connectivity index (χ3v) is 5.37. The van der Waals surface area contributed by atoms with Crippen LogP contribution in [0.2, 0.25) is 0 Å². The zero-order valence-electron chi connectivity index (χ0n) is 17.1. The molecule has 0 aliphatic carbocycles. The van der Waals surface area contributed by atoms with Gasteiger partial charge in [-0.3, -0.25) is 4.79 Å². The lowest BCUT2D eigenvalue weighted by molar-refractivity contribution is -0.127. The molecule has 0 spiro atoms. The van der Waals surface area contributed by atoms with Crippen LogP contribution in [0.4, 0.5) is 8.78 Å². The second-order valence-corrected chi connectivity index (χ2v) is 7.35. The number of nitrogens with zero attached hydrogens (tertiary/aromatic N) is 2. The molecule has 1 atom stereocenters. The molecule has 1 unspecified atom stereocenters. The first-order valence-corrected chi connectivity index (χ1v) is 10.1. The molecule has 8 heteroatoms. The van der Waals surface area contributed by atoms with Gasteiger partial charge in [0, 0.05) is 30.6 Å². The molecule has 1 aliphatic heterocycles. The number of likely N-dealkylation sites (tertiary alicyclic amines) is 1. The Hall–Kier alpha value is -3.42. The van der Waals surface area contributed by atoms with Gasteiger partial charge in [-0.25, -0.2) is 4.98 Å². The van der Waals surface area contributed by atoms with Crippen molar-refractivity contribution in [1.29, 1.82) is 0 Å². The van der Waals surface area contributed by atoms with E-state index in [1.54, 1.807) is 17.0 Å². The van der Waals surface area contributed by atoms with Crippen molar-refractivity contribution in [3.63, 3.8) is 0 Å². The Balaban J connectivity index is 1.49. The first-order chi connectivity index (χ1) is 15.0. The second kappa shape index (κ2) is 9.16. The number of alkyl halides is 2. The van der Waals surface area contributed by atoms with E-state index in [9.17, 15) is 13.6 Å². The van der Waals surface area contributed by atoms with Crippen LogP contribution in [-0.4, -0.2) is 47.6 Å². The number of imidazole rings is 1. The largest absolute Gasteiger partial charge is 0.493 e. The summed E-state index contributed by atoms with van der Waals surface area (Å²) in [4.78, 5) is 22.6. The Kier molecular flexibility index (Phi) is 6.16. The Bertz CT molecular complexity index is 1060. The van der Waals surface area contributed by atoms with Gasteiger partial charge in [0.25, 0.3) is 0 Å². The van der Waals surface area contributed by atoms with Crippen molar-refractivity contribution < 1.29 is 23.0 Å². The molecular weight excluding hydrogens is 404 g/mol. The van der Waals surface area contributed by atoms with Crippen LogP contribution in [0.25, 0.3) is 17.1 Å². The van der Waals surface area contributed by atoms with Gasteiger partial charge in [-0.15, -0.1) is 0 Å². The van der Waals surface area contributed by atoms with E-state index in [1.165, 1.54) is 25.3 Å². The van der Waals surface area contributed by atoms with Crippen molar-refractivity contribution in [2.45, 2.75) is 25.4 Å². The lowest BCUT2D eigenvalue weighted by Crippen LogP contribution is -2.38. The quantitative estimate of drug-likeness (QED) is 0.584. The van der Waals surface area contributed by atoms with Crippen LogP contribution in [0.15, 0.2) is 48.5 Å². The smallest absolute Gasteiger partial charge is 0.387 e. The van der Waals surface area contributed by atoms with Crippen molar-refractivity contribution in [2.75, 3.05) is 20.2 Å². The van der Waals surface area contributed by atoms with Gasteiger partial charge in [0.2, 0.25) is 5.91 Å². The summed E-state index contributed by atoms with van der Waals surface area (Å²) in [5, 5.41) is 0. The first-order valence-electron chi connectivity index (χ1n) is 10.1. The fourth-order valence-electron chi connectivity index (χ4n) is 3.87. The van der Waals surface area contributed by atoms with Crippen molar-refractivity contribution in [2.24, 2.45) is 0 Å². The molecule has 1 aromatic heterocycles. The summed E-state index contributed by atoms with van der Waals surface area (Å²) in [6.07, 6.45) is 4.66. The minimum atomic E-state index is -2.99. The lowest BCUT2D eigenvalue weighted by Gasteiger charge is -2.31. The molecule has 4 rings (SSSR count). The monoisotopic (exact) mass is 427 g/mol. The summed E-state index contributed by atoms with van der Waals surface area (Å²) in [6, 6.07) is 12.6. The van der Waals surface area contributed by atoms with E-state index in [0.717, 1.165) is 29.7 Å². The fourth-order valence-corrected chi connectivity index (χ4v) is 3.87. The van der Waals surface area contributed by atoms with Crippen LogP contribution < -0.4 is 9.47 Å². The summed E-state index contributed by atoms with van der Waals surface area (Å²) in [5.41, 5.74) is 2.23. The van der Waals surface area contributed by atoms with Gasteiger partial charge in [0.15, 0.2) is 11.5 Å². The highest BCUT2D eigenvalue weighted by atomic mass is 19.3. The Morgan fingerprint density at radius 1 is 1.26 bits per heavy atom. The number of carbonyl (C=O) groups excluding carboxylic acids is 1. The van der Waals surface area contributed by atoms with Crippen LogP contribution in [-0.2, 0) is 4.79 Å². The standard InChI is InChI=1S/C23H23F2N3O3/c1-30-19-10-4-6-15(21(19)31-23(24)25)11-12-20(29)28-13-5-7-16(14-28)22-26-17-8-2-3-9-18(17)27-22/h2-4,6,8-12,16,23H,5,7,13-14H2,1H3,(H,26,27)/b12-11+. The average molecular weight is 427 g/mol. The Labute approximate surface area is 178 Å². The van der Waals surface area contributed by atoms with E-state index in [-0.39, 0.29) is 23.3 Å². The molecule has 1 aliphatic rings. The van der Waals surface area contributed by atoms with Crippen LogP contribution in [0.3, 0.4) is 0 Å². The Morgan fingerprint density at radius 3 is 2.87 bits per heavy atom. The molecule has 1 fully saturated rings. The maximum absolute atomic E-state index is 12.8. The van der Waals surface area contributed by atoms with Gasteiger partial charge in [-0.05, 0) is 37.1 Å². The SMILES string of the molecule is COc1cccc(/C=C/C(=O)N2CCCC(c3nc4ccccc4[nH]3)C2)c1OC(F)F. The Morgan fingerprint density at radius 2 is 2.10 bits per heavy atom. The minimum absolute atomic E-state index is 0.0946. The number of H-pyrrole nitrogens is 1. The number of hydrogen-bond acceptors (Lipinski definition) is 4. The number of hydrogen-bond donors (Lipinski definition) is 1. The minimum Gasteiger partial charge on any atom is -0.493 e. The number of nitrogens with one attached hydrogen (secondary N) is 1. The molecule has 6 nitrogen and oxygen atoms in total. The number of rotatable bonds is 6. The number of fused-ring (bicyclic) bond motifs is 1. The maximum atomic E-state index is 12.8. The number of aromatic amines is 1. The van der Waals surface area contributed by atoms with Crippen molar-refractivity contribution in [1.82, 2.24) is 14.9 Å². The third-order valence-electron chi connectivity index (χ3n) is 5.37. The number of ether oxygens (including phenoxy) is 2. The number of para-hydroxylation sites is 3. The zero-order chi connectivity index (χ0) is 21.8. The van der Waals surface area contributed by atoms with Gasteiger partial charge >= 0.3 is 6.61 Å². The number of halogens is 2. The maximum Gasteiger partial charge on any atom is 0.387 e. The van der Waals surface area contributed by atoms with Crippen LogP contribution in [0.5, 0.6) is 11.5 Å². The highest BCUT2D eigenvalue weighted by Gasteiger charge is 2.26. The predicted molar refractivity (Wildman–Crippen MR) is 113 cm³/mol. The molecule has 2 heterocycles. The molecule has 1 amide bonds.